The first-order valence-corrected chi connectivity index (χ1v) is 14.1. The average Bonchev–Trinajstić information content (AvgIpc) is 2.80. The van der Waals surface area contributed by atoms with Crippen LogP contribution in [0.5, 0.6) is 0 Å². The van der Waals surface area contributed by atoms with Crippen LogP contribution in [0.2, 0.25) is 0 Å². The highest BCUT2D eigenvalue weighted by molar-refractivity contribution is 5.03. The van der Waals surface area contributed by atoms with Gasteiger partial charge in [-0.15, -0.1) is 19.7 Å². The third-order valence-electron chi connectivity index (χ3n) is 4.92. The van der Waals surface area contributed by atoms with E-state index in [-0.39, 0.29) is 5.41 Å². The highest BCUT2D eigenvalue weighted by Gasteiger charge is 2.18. The molecule has 0 amide bonds. The molecule has 0 spiro atoms. The van der Waals surface area contributed by atoms with Gasteiger partial charge in [0.15, 0.2) is 0 Å². The molecule has 0 saturated heterocycles. The summed E-state index contributed by atoms with van der Waals surface area (Å²) in [5.74, 6) is 1.24. The predicted molar refractivity (Wildman–Crippen MR) is 172 cm³/mol. The molecule has 35 heavy (non-hydrogen) atoms. The molecule has 1 heteroatoms. The van der Waals surface area contributed by atoms with Gasteiger partial charge in [-0.1, -0.05) is 125 Å². The molecule has 0 bridgehead atoms. The molecule has 212 valence electrons. The maximum atomic E-state index is 3.95. The molecule has 0 aromatic rings. The number of nitrogens with one attached hydrogen (secondary N) is 1. The van der Waals surface area contributed by atoms with E-state index in [0.717, 1.165) is 18.5 Å². The van der Waals surface area contributed by atoms with Gasteiger partial charge in [-0.25, -0.2) is 0 Å². The van der Waals surface area contributed by atoms with Crippen LogP contribution in [0.1, 0.15) is 135 Å². The Balaban J connectivity index is -0.0000000796. The van der Waals surface area contributed by atoms with Gasteiger partial charge in [0.05, 0.1) is 0 Å². The monoisotopic (exact) mass is 494 g/mol. The molecule has 2 atom stereocenters. The molecule has 0 aliphatic heterocycles. The minimum atomic E-state index is 0.253. The largest absolute Gasteiger partial charge is 0.391 e. The summed E-state index contributed by atoms with van der Waals surface area (Å²) >= 11 is 0. The Hall–Kier alpha value is -1.50. The van der Waals surface area contributed by atoms with E-state index >= 15 is 0 Å². The maximum absolute atomic E-state index is 3.95. The molecule has 2 unspecified atom stereocenters. The SMILES string of the molecule is C=C(C)CC(C)C(=C)C.C=C(NC)C(C)(C)CCC.C=CC(C)CCC(=C)C.CC.CC.CCC. The molecule has 0 saturated carbocycles. The molecule has 0 heterocycles. The summed E-state index contributed by atoms with van der Waals surface area (Å²) in [5.41, 5.74) is 5.14. The first-order valence-electron chi connectivity index (χ1n) is 14.1. The van der Waals surface area contributed by atoms with Gasteiger partial charge in [-0.3, -0.25) is 0 Å². The van der Waals surface area contributed by atoms with Crippen LogP contribution >= 0.6 is 0 Å². The van der Waals surface area contributed by atoms with E-state index in [1.807, 2.05) is 40.8 Å². The fourth-order valence-corrected chi connectivity index (χ4v) is 2.40. The molecule has 0 rings (SSSR count). The van der Waals surface area contributed by atoms with Gasteiger partial charge in [0.25, 0.3) is 0 Å². The molecule has 0 fully saturated rings. The predicted octanol–water partition coefficient (Wildman–Crippen LogP) is 12.3. The van der Waals surface area contributed by atoms with Crippen molar-refractivity contribution in [2.45, 2.75) is 135 Å². The lowest BCUT2D eigenvalue weighted by Gasteiger charge is -2.26. The fourth-order valence-electron chi connectivity index (χ4n) is 2.40. The summed E-state index contributed by atoms with van der Waals surface area (Å²) in [6.45, 7) is 48.6. The quantitative estimate of drug-likeness (QED) is 0.282. The maximum Gasteiger partial charge on any atom is 0.00884 e. The third-order valence-corrected chi connectivity index (χ3v) is 4.92. The molecule has 0 aromatic heterocycles. The van der Waals surface area contributed by atoms with Gasteiger partial charge >= 0.3 is 0 Å². The fraction of sp³-hybridized carbons (Fsp3) is 0.706. The molecule has 1 N–H and O–H groups in total. The Morgan fingerprint density at radius 3 is 1.46 bits per heavy atom. The summed E-state index contributed by atoms with van der Waals surface area (Å²) in [7, 11) is 1.93. The van der Waals surface area contributed by atoms with Gasteiger partial charge in [-0.2, -0.15) is 0 Å². The normalized spacial score (nSPS) is 10.6. The van der Waals surface area contributed by atoms with Crippen LogP contribution in [-0.2, 0) is 0 Å². The van der Waals surface area contributed by atoms with Crippen LogP contribution in [0, 0.1) is 17.3 Å². The molecular weight excluding hydrogens is 422 g/mol. The minimum Gasteiger partial charge on any atom is -0.391 e. The van der Waals surface area contributed by atoms with Crippen molar-refractivity contribution in [3.63, 3.8) is 0 Å². The lowest BCUT2D eigenvalue weighted by atomic mass is 9.85. The van der Waals surface area contributed by atoms with E-state index in [1.54, 1.807) is 0 Å². The summed E-state index contributed by atoms with van der Waals surface area (Å²) in [5, 5.41) is 3.10. The van der Waals surface area contributed by atoms with Crippen LogP contribution in [0.15, 0.2) is 61.4 Å². The summed E-state index contributed by atoms with van der Waals surface area (Å²) in [6.07, 6.45) is 9.06. The van der Waals surface area contributed by atoms with E-state index in [9.17, 15) is 0 Å². The third kappa shape index (κ3) is 46.5. The summed E-state index contributed by atoms with van der Waals surface area (Å²) in [4.78, 5) is 0. The van der Waals surface area contributed by atoms with Crippen LogP contribution in [0.25, 0.3) is 0 Å². The Bertz CT molecular complexity index is 493. The van der Waals surface area contributed by atoms with Gasteiger partial charge < -0.3 is 5.32 Å². The van der Waals surface area contributed by atoms with E-state index < -0.39 is 0 Å². The number of hydrogen-bond acceptors (Lipinski definition) is 1. The molecule has 0 aromatic carbocycles. The van der Waals surface area contributed by atoms with Crippen molar-refractivity contribution < 1.29 is 0 Å². The minimum absolute atomic E-state index is 0.253. The van der Waals surface area contributed by atoms with Gasteiger partial charge in [-0.05, 0) is 58.3 Å². The summed E-state index contributed by atoms with van der Waals surface area (Å²) in [6, 6.07) is 0. The van der Waals surface area contributed by atoms with Crippen molar-refractivity contribution in [1.29, 1.82) is 0 Å². The number of hydrogen-bond donors (Lipinski definition) is 1. The zero-order valence-electron chi connectivity index (χ0n) is 27.5. The van der Waals surface area contributed by atoms with Crippen LogP contribution in [0.3, 0.4) is 0 Å². The van der Waals surface area contributed by atoms with Gasteiger partial charge in [0.2, 0.25) is 0 Å². The zero-order chi connectivity index (χ0) is 29.6. The highest BCUT2D eigenvalue weighted by Crippen LogP contribution is 2.27. The van der Waals surface area contributed by atoms with Crippen molar-refractivity contribution in [3.8, 4) is 0 Å². The Morgan fingerprint density at radius 2 is 1.26 bits per heavy atom. The Labute approximate surface area is 226 Å². The molecule has 0 aliphatic rings. The Morgan fingerprint density at radius 1 is 0.857 bits per heavy atom. The first-order chi connectivity index (χ1) is 16.2. The second-order valence-corrected chi connectivity index (χ2v) is 9.69. The molecule has 1 nitrogen and oxygen atoms in total. The topological polar surface area (TPSA) is 12.0 Å². The van der Waals surface area contributed by atoms with Crippen molar-refractivity contribution >= 4 is 0 Å². The van der Waals surface area contributed by atoms with Gasteiger partial charge in [0, 0.05) is 18.2 Å². The van der Waals surface area contributed by atoms with Crippen LogP contribution < -0.4 is 5.32 Å². The Kier molecular flexibility index (Phi) is 46.3. The number of allylic oxidation sites excluding steroid dienone is 5. The zero-order valence-corrected chi connectivity index (χ0v) is 27.5. The molecule has 0 radical (unpaired) electrons. The van der Waals surface area contributed by atoms with Gasteiger partial charge in [0.1, 0.15) is 0 Å². The smallest absolute Gasteiger partial charge is 0.00884 e. The highest BCUT2D eigenvalue weighted by atomic mass is 14.8. The van der Waals surface area contributed by atoms with Crippen molar-refractivity contribution in [1.82, 2.24) is 5.32 Å². The van der Waals surface area contributed by atoms with Crippen molar-refractivity contribution in [3.05, 3.63) is 61.4 Å². The molecule has 0 aliphatic carbocycles. The molecular formula is C34H71N. The van der Waals surface area contributed by atoms with E-state index in [0.29, 0.717) is 11.8 Å². The van der Waals surface area contributed by atoms with Crippen LogP contribution in [0.4, 0.5) is 0 Å². The lowest BCUT2D eigenvalue weighted by molar-refractivity contribution is 0.384. The van der Waals surface area contributed by atoms with E-state index in [1.165, 1.54) is 42.4 Å². The van der Waals surface area contributed by atoms with E-state index in [2.05, 4.69) is 107 Å². The van der Waals surface area contributed by atoms with Crippen molar-refractivity contribution in [2.75, 3.05) is 7.05 Å². The number of rotatable bonds is 11. The second kappa shape index (κ2) is 34.7. The lowest BCUT2D eigenvalue weighted by Crippen LogP contribution is -2.22. The standard InChI is InChI=1S/C9H19N.2C9H16.C3H8.2C2H6/c1-6-7-9(3,4)8(2)10-5;1-7(2)6-9(5)8(3)4;1-5-9(4)7-6-8(2)3;1-3-2;2*1-2/h10H,2,6-7H2,1,3-5H3;9H,1,3,6H2,2,4-5H3;5,9H,1-2,6-7H2,3-4H3;3H2,1-2H3;2*1-2H3. The summed E-state index contributed by atoms with van der Waals surface area (Å²) < 4.78 is 0. The first kappa shape index (κ1) is 46.8. The van der Waals surface area contributed by atoms with E-state index in [4.69, 9.17) is 0 Å². The average molecular weight is 494 g/mol. The second-order valence-electron chi connectivity index (χ2n) is 9.69. The van der Waals surface area contributed by atoms with Crippen molar-refractivity contribution in [2.24, 2.45) is 17.3 Å². The van der Waals surface area contributed by atoms with Crippen LogP contribution in [-0.4, -0.2) is 7.05 Å².